The summed E-state index contributed by atoms with van der Waals surface area (Å²) < 4.78 is 2.14. The first-order valence-corrected chi connectivity index (χ1v) is 4.78. The zero-order valence-electron chi connectivity index (χ0n) is 8.03. The van der Waals surface area contributed by atoms with Crippen LogP contribution < -0.4 is 0 Å². The number of aryl methyl sites for hydroxylation is 1. The lowest BCUT2D eigenvalue weighted by Crippen LogP contribution is -1.98. The zero-order chi connectivity index (χ0) is 8.81. The zero-order valence-corrected chi connectivity index (χ0v) is 8.03. The fourth-order valence-corrected chi connectivity index (χ4v) is 1.25. The van der Waals surface area contributed by atoms with E-state index in [4.69, 9.17) is 0 Å². The molecule has 12 heavy (non-hydrogen) atoms. The smallest absolute Gasteiger partial charge is 0.0945 e. The Labute approximate surface area is 74.6 Å². The Morgan fingerprint density at radius 2 is 2.33 bits per heavy atom. The van der Waals surface area contributed by atoms with Gasteiger partial charge in [0.15, 0.2) is 0 Å². The molecule has 0 aliphatic carbocycles. The minimum Gasteiger partial charge on any atom is -0.337 e. The van der Waals surface area contributed by atoms with Gasteiger partial charge >= 0.3 is 0 Å². The Morgan fingerprint density at radius 3 is 2.92 bits per heavy atom. The molecule has 1 heterocycles. The van der Waals surface area contributed by atoms with Crippen LogP contribution in [0.4, 0.5) is 0 Å². The molecule has 0 spiro atoms. The molecule has 68 valence electrons. The molecule has 0 radical (unpaired) electrons. The fraction of sp³-hybridized carbons (Fsp3) is 0.700. The van der Waals surface area contributed by atoms with Crippen molar-refractivity contribution in [3.05, 3.63) is 18.7 Å². The molecule has 2 heteroatoms. The van der Waals surface area contributed by atoms with Gasteiger partial charge in [0.25, 0.3) is 0 Å². The summed E-state index contributed by atoms with van der Waals surface area (Å²) in [4.78, 5) is 4.00. The maximum absolute atomic E-state index is 4.00. The van der Waals surface area contributed by atoms with E-state index in [9.17, 15) is 0 Å². The SMILES string of the molecule is CCC(C)CCCn1ccnc1. The highest BCUT2D eigenvalue weighted by atomic mass is 15.0. The minimum absolute atomic E-state index is 0.869. The first-order valence-electron chi connectivity index (χ1n) is 4.78. The highest BCUT2D eigenvalue weighted by Crippen LogP contribution is 2.09. The predicted molar refractivity (Wildman–Crippen MR) is 50.9 cm³/mol. The van der Waals surface area contributed by atoms with Crippen LogP contribution in [-0.4, -0.2) is 9.55 Å². The third kappa shape index (κ3) is 3.07. The number of nitrogens with zero attached hydrogens (tertiary/aromatic N) is 2. The van der Waals surface area contributed by atoms with E-state index in [1.54, 1.807) is 0 Å². The molecule has 2 nitrogen and oxygen atoms in total. The predicted octanol–water partition coefficient (Wildman–Crippen LogP) is 2.71. The molecule has 1 aromatic heterocycles. The average molecular weight is 166 g/mol. The first-order chi connectivity index (χ1) is 5.83. The van der Waals surface area contributed by atoms with Gasteiger partial charge in [0.05, 0.1) is 6.33 Å². The van der Waals surface area contributed by atoms with E-state index in [0.29, 0.717) is 0 Å². The van der Waals surface area contributed by atoms with Crippen LogP contribution in [0.15, 0.2) is 18.7 Å². The molecule has 0 saturated heterocycles. The van der Waals surface area contributed by atoms with Crippen molar-refractivity contribution in [2.45, 2.75) is 39.7 Å². The fourth-order valence-electron chi connectivity index (χ4n) is 1.25. The lowest BCUT2D eigenvalue weighted by atomic mass is 10.0. The van der Waals surface area contributed by atoms with E-state index < -0.39 is 0 Å². The minimum atomic E-state index is 0.869. The van der Waals surface area contributed by atoms with Crippen molar-refractivity contribution in [1.82, 2.24) is 9.55 Å². The molecule has 1 aromatic rings. The Morgan fingerprint density at radius 1 is 1.50 bits per heavy atom. The summed E-state index contributed by atoms with van der Waals surface area (Å²) >= 11 is 0. The molecule has 0 bridgehead atoms. The van der Waals surface area contributed by atoms with Crippen LogP contribution in [-0.2, 0) is 6.54 Å². The van der Waals surface area contributed by atoms with Gasteiger partial charge in [0.1, 0.15) is 0 Å². The van der Waals surface area contributed by atoms with Gasteiger partial charge < -0.3 is 4.57 Å². The summed E-state index contributed by atoms with van der Waals surface area (Å²) in [5.41, 5.74) is 0. The van der Waals surface area contributed by atoms with Gasteiger partial charge in [-0.25, -0.2) is 4.98 Å². The Hall–Kier alpha value is -0.790. The standard InChI is InChI=1S/C10H18N2/c1-3-10(2)5-4-7-12-8-6-11-9-12/h6,8-10H,3-5,7H2,1-2H3. The normalized spacial score (nSPS) is 13.2. The monoisotopic (exact) mass is 166 g/mol. The van der Waals surface area contributed by atoms with Gasteiger partial charge in [0.2, 0.25) is 0 Å². The molecule has 1 unspecified atom stereocenters. The molecule has 0 N–H and O–H groups in total. The van der Waals surface area contributed by atoms with E-state index in [1.165, 1.54) is 19.3 Å². The lowest BCUT2D eigenvalue weighted by molar-refractivity contribution is 0.468. The molecule has 1 atom stereocenters. The second-order valence-corrected chi connectivity index (χ2v) is 3.46. The summed E-state index contributed by atoms with van der Waals surface area (Å²) in [6.07, 6.45) is 9.64. The van der Waals surface area contributed by atoms with Crippen molar-refractivity contribution in [2.75, 3.05) is 0 Å². The van der Waals surface area contributed by atoms with Gasteiger partial charge in [-0.15, -0.1) is 0 Å². The van der Waals surface area contributed by atoms with E-state index >= 15 is 0 Å². The number of rotatable bonds is 5. The van der Waals surface area contributed by atoms with Gasteiger partial charge in [-0.05, 0) is 18.8 Å². The number of aromatic nitrogens is 2. The summed E-state index contributed by atoms with van der Waals surface area (Å²) in [6.45, 7) is 5.68. The molecule has 0 amide bonds. The van der Waals surface area contributed by atoms with E-state index in [2.05, 4.69) is 23.4 Å². The highest BCUT2D eigenvalue weighted by Gasteiger charge is 1.97. The average Bonchev–Trinajstić information content (AvgIpc) is 2.57. The van der Waals surface area contributed by atoms with Crippen LogP contribution >= 0.6 is 0 Å². The quantitative estimate of drug-likeness (QED) is 0.657. The molecular weight excluding hydrogens is 148 g/mol. The topological polar surface area (TPSA) is 17.8 Å². The molecule has 0 aliphatic rings. The maximum Gasteiger partial charge on any atom is 0.0945 e. The number of imidazole rings is 1. The number of hydrogen-bond donors (Lipinski definition) is 0. The van der Waals surface area contributed by atoms with Crippen molar-refractivity contribution < 1.29 is 0 Å². The largest absolute Gasteiger partial charge is 0.337 e. The molecular formula is C10H18N2. The third-order valence-electron chi connectivity index (χ3n) is 2.37. The lowest BCUT2D eigenvalue weighted by Gasteiger charge is -2.07. The van der Waals surface area contributed by atoms with Gasteiger partial charge in [-0.2, -0.15) is 0 Å². The molecule has 0 aliphatic heterocycles. The second kappa shape index (κ2) is 4.96. The van der Waals surface area contributed by atoms with Crippen LogP contribution in [0.25, 0.3) is 0 Å². The third-order valence-corrected chi connectivity index (χ3v) is 2.37. The van der Waals surface area contributed by atoms with Crippen molar-refractivity contribution in [1.29, 1.82) is 0 Å². The van der Waals surface area contributed by atoms with Crippen LogP contribution in [0, 0.1) is 5.92 Å². The second-order valence-electron chi connectivity index (χ2n) is 3.46. The van der Waals surface area contributed by atoms with E-state index in [1.807, 2.05) is 18.7 Å². The Bertz CT molecular complexity index is 192. The van der Waals surface area contributed by atoms with Gasteiger partial charge in [-0.1, -0.05) is 20.3 Å². The molecule has 0 saturated carbocycles. The molecule has 1 rings (SSSR count). The van der Waals surface area contributed by atoms with Crippen LogP contribution in [0.5, 0.6) is 0 Å². The van der Waals surface area contributed by atoms with Gasteiger partial charge in [-0.3, -0.25) is 0 Å². The summed E-state index contributed by atoms with van der Waals surface area (Å²) in [6, 6.07) is 0. The van der Waals surface area contributed by atoms with Crippen LogP contribution in [0.1, 0.15) is 33.1 Å². The van der Waals surface area contributed by atoms with E-state index in [-0.39, 0.29) is 0 Å². The van der Waals surface area contributed by atoms with E-state index in [0.717, 1.165) is 12.5 Å². The maximum atomic E-state index is 4.00. The molecule has 0 aromatic carbocycles. The van der Waals surface area contributed by atoms with Crippen molar-refractivity contribution in [3.8, 4) is 0 Å². The summed E-state index contributed by atoms with van der Waals surface area (Å²) in [7, 11) is 0. The Balaban J connectivity index is 2.11. The number of hydrogen-bond acceptors (Lipinski definition) is 1. The van der Waals surface area contributed by atoms with Crippen molar-refractivity contribution in [2.24, 2.45) is 5.92 Å². The highest BCUT2D eigenvalue weighted by molar-refractivity contribution is 4.73. The van der Waals surface area contributed by atoms with Crippen molar-refractivity contribution in [3.63, 3.8) is 0 Å². The van der Waals surface area contributed by atoms with Gasteiger partial charge in [0, 0.05) is 18.9 Å². The van der Waals surface area contributed by atoms with Crippen molar-refractivity contribution >= 4 is 0 Å². The Kier molecular flexibility index (Phi) is 3.85. The summed E-state index contributed by atoms with van der Waals surface area (Å²) in [5, 5.41) is 0. The van der Waals surface area contributed by atoms with Crippen LogP contribution in [0.2, 0.25) is 0 Å². The molecule has 0 fully saturated rings. The van der Waals surface area contributed by atoms with Crippen LogP contribution in [0.3, 0.4) is 0 Å². The summed E-state index contributed by atoms with van der Waals surface area (Å²) in [5.74, 6) is 0.869. The first kappa shape index (κ1) is 9.30.